The molecule has 0 fully saturated rings. The highest BCUT2D eigenvalue weighted by atomic mass is 16.5. The molecule has 2 rings (SSSR count). The van der Waals surface area contributed by atoms with Crippen molar-refractivity contribution in [1.82, 2.24) is 5.16 Å². The Balaban J connectivity index is 2.01. The van der Waals surface area contributed by atoms with Crippen LogP contribution in [0.4, 0.5) is 0 Å². The smallest absolute Gasteiger partial charge is 0.150 e. The van der Waals surface area contributed by atoms with Crippen molar-refractivity contribution in [2.75, 3.05) is 0 Å². The summed E-state index contributed by atoms with van der Waals surface area (Å²) in [6.07, 6.45) is 3.89. The number of carbonyl (C=O) groups excluding carboxylic acids is 1. The van der Waals surface area contributed by atoms with Crippen LogP contribution in [0, 0.1) is 0 Å². The van der Waals surface area contributed by atoms with E-state index in [4.69, 9.17) is 4.74 Å². The molecular weight excluding hydrogens is 194 g/mol. The Bertz CT molecular complexity index is 437. The minimum Gasteiger partial charge on any atom is -0.489 e. The van der Waals surface area contributed by atoms with Gasteiger partial charge in [0.1, 0.15) is 24.9 Å². The number of aldehydes is 1. The van der Waals surface area contributed by atoms with Gasteiger partial charge in [0, 0.05) is 11.1 Å². The van der Waals surface area contributed by atoms with Gasteiger partial charge in [-0.05, 0) is 12.1 Å². The highest BCUT2D eigenvalue weighted by Crippen LogP contribution is 2.13. The van der Waals surface area contributed by atoms with Crippen LogP contribution in [0.5, 0.6) is 5.75 Å². The molecule has 0 saturated heterocycles. The first-order valence-corrected chi connectivity index (χ1v) is 4.45. The van der Waals surface area contributed by atoms with Crippen molar-refractivity contribution in [3.63, 3.8) is 0 Å². The normalized spacial score (nSPS) is 9.87. The maximum Gasteiger partial charge on any atom is 0.150 e. The van der Waals surface area contributed by atoms with Crippen LogP contribution in [0.25, 0.3) is 0 Å². The quantitative estimate of drug-likeness (QED) is 0.714. The van der Waals surface area contributed by atoms with Crippen LogP contribution in [0.3, 0.4) is 0 Å². The van der Waals surface area contributed by atoms with Crippen molar-refractivity contribution in [1.29, 1.82) is 0 Å². The molecule has 0 saturated carbocycles. The lowest BCUT2D eigenvalue weighted by Gasteiger charge is -2.03. The van der Waals surface area contributed by atoms with Crippen LogP contribution in [-0.2, 0) is 6.61 Å². The van der Waals surface area contributed by atoms with Crippen molar-refractivity contribution < 1.29 is 14.1 Å². The lowest BCUT2D eigenvalue weighted by atomic mass is 10.2. The zero-order valence-electron chi connectivity index (χ0n) is 7.92. The van der Waals surface area contributed by atoms with Crippen LogP contribution < -0.4 is 4.74 Å². The molecule has 0 aliphatic carbocycles. The molecule has 0 aliphatic rings. The lowest BCUT2D eigenvalue weighted by Crippen LogP contribution is -1.94. The zero-order valence-corrected chi connectivity index (χ0v) is 7.92. The fourth-order valence-corrected chi connectivity index (χ4v) is 1.14. The molecule has 0 atom stereocenters. The van der Waals surface area contributed by atoms with Gasteiger partial charge in [-0.2, -0.15) is 0 Å². The first-order valence-electron chi connectivity index (χ1n) is 4.45. The van der Waals surface area contributed by atoms with E-state index in [1.165, 1.54) is 6.26 Å². The molecule has 0 aliphatic heterocycles. The minimum absolute atomic E-state index is 0.381. The number of aromatic nitrogens is 1. The summed E-state index contributed by atoms with van der Waals surface area (Å²) in [4.78, 5) is 10.5. The average molecular weight is 203 g/mol. The molecule has 1 aromatic heterocycles. The minimum atomic E-state index is 0.381. The van der Waals surface area contributed by atoms with E-state index in [9.17, 15) is 4.79 Å². The molecule has 0 spiro atoms. The molecule has 0 bridgehead atoms. The average Bonchev–Trinajstić information content (AvgIpc) is 2.79. The lowest BCUT2D eigenvalue weighted by molar-refractivity contribution is 0.112. The highest BCUT2D eigenvalue weighted by Gasteiger charge is 1.98. The molecule has 15 heavy (non-hydrogen) atoms. The summed E-state index contributed by atoms with van der Waals surface area (Å²) in [6, 6.07) is 6.97. The van der Waals surface area contributed by atoms with Crippen molar-refractivity contribution in [2.24, 2.45) is 0 Å². The van der Waals surface area contributed by atoms with Crippen molar-refractivity contribution in [2.45, 2.75) is 6.61 Å². The SMILES string of the molecule is O=Cc1cccc(OCc2cnoc2)c1. The summed E-state index contributed by atoms with van der Waals surface area (Å²) in [7, 11) is 0. The van der Waals surface area contributed by atoms with E-state index in [0.717, 1.165) is 11.8 Å². The van der Waals surface area contributed by atoms with Gasteiger partial charge in [-0.3, -0.25) is 4.79 Å². The standard InChI is InChI=1S/C11H9NO3/c13-6-9-2-1-3-11(4-9)14-7-10-5-12-15-8-10/h1-6,8H,7H2. The second-order valence-corrected chi connectivity index (χ2v) is 3.01. The second-order valence-electron chi connectivity index (χ2n) is 3.01. The van der Waals surface area contributed by atoms with E-state index in [2.05, 4.69) is 9.68 Å². The summed E-state index contributed by atoms with van der Waals surface area (Å²) in [6.45, 7) is 0.381. The monoisotopic (exact) mass is 203 g/mol. The molecule has 1 aromatic carbocycles. The van der Waals surface area contributed by atoms with E-state index in [-0.39, 0.29) is 0 Å². The van der Waals surface area contributed by atoms with E-state index >= 15 is 0 Å². The van der Waals surface area contributed by atoms with Gasteiger partial charge < -0.3 is 9.26 Å². The Morgan fingerprint density at radius 1 is 1.47 bits per heavy atom. The highest BCUT2D eigenvalue weighted by molar-refractivity contribution is 5.75. The Hall–Kier alpha value is -2.10. The van der Waals surface area contributed by atoms with Gasteiger partial charge in [-0.25, -0.2) is 0 Å². The molecule has 1 heterocycles. The molecule has 0 N–H and O–H groups in total. The third kappa shape index (κ3) is 2.43. The number of carbonyl (C=O) groups is 1. The van der Waals surface area contributed by atoms with Crippen molar-refractivity contribution in [3.8, 4) is 5.75 Å². The third-order valence-electron chi connectivity index (χ3n) is 1.88. The van der Waals surface area contributed by atoms with Gasteiger partial charge >= 0.3 is 0 Å². The number of hydrogen-bond donors (Lipinski definition) is 0. The number of ether oxygens (including phenoxy) is 1. The summed E-state index contributed by atoms with van der Waals surface area (Å²) < 4.78 is 10.1. The molecule has 4 nitrogen and oxygen atoms in total. The molecule has 4 heteroatoms. The fourth-order valence-electron chi connectivity index (χ4n) is 1.14. The van der Waals surface area contributed by atoms with Gasteiger partial charge in [-0.1, -0.05) is 17.3 Å². The fraction of sp³-hybridized carbons (Fsp3) is 0.0909. The molecule has 0 unspecified atom stereocenters. The van der Waals surface area contributed by atoms with Crippen molar-refractivity contribution >= 4 is 6.29 Å². The predicted molar refractivity (Wildman–Crippen MR) is 52.7 cm³/mol. The number of benzene rings is 1. The molecular formula is C11H9NO3. The maximum atomic E-state index is 10.5. The number of nitrogens with zero attached hydrogens (tertiary/aromatic N) is 1. The third-order valence-corrected chi connectivity index (χ3v) is 1.88. The van der Waals surface area contributed by atoms with Gasteiger partial charge in [-0.15, -0.1) is 0 Å². The van der Waals surface area contributed by atoms with E-state index in [1.54, 1.807) is 30.5 Å². The number of rotatable bonds is 4. The van der Waals surface area contributed by atoms with Gasteiger partial charge in [0.2, 0.25) is 0 Å². The molecule has 76 valence electrons. The van der Waals surface area contributed by atoms with E-state index in [0.29, 0.717) is 17.9 Å². The first-order chi connectivity index (χ1) is 7.38. The largest absolute Gasteiger partial charge is 0.489 e. The molecule has 0 radical (unpaired) electrons. The van der Waals surface area contributed by atoms with Crippen LogP contribution >= 0.6 is 0 Å². The van der Waals surface area contributed by atoms with Crippen LogP contribution in [0.2, 0.25) is 0 Å². The Kier molecular flexibility index (Phi) is 2.78. The Labute approximate surface area is 86.5 Å². The maximum absolute atomic E-state index is 10.5. The summed E-state index contributed by atoms with van der Waals surface area (Å²) in [5, 5.41) is 3.56. The van der Waals surface area contributed by atoms with Gasteiger partial charge in [0.05, 0.1) is 6.20 Å². The summed E-state index contributed by atoms with van der Waals surface area (Å²) in [5.41, 5.74) is 1.45. The topological polar surface area (TPSA) is 52.3 Å². The van der Waals surface area contributed by atoms with E-state index in [1.807, 2.05) is 0 Å². The van der Waals surface area contributed by atoms with Gasteiger partial charge in [0.15, 0.2) is 0 Å². The Morgan fingerprint density at radius 2 is 2.40 bits per heavy atom. The zero-order chi connectivity index (χ0) is 10.5. The second kappa shape index (κ2) is 4.41. The van der Waals surface area contributed by atoms with Gasteiger partial charge in [0.25, 0.3) is 0 Å². The van der Waals surface area contributed by atoms with Crippen LogP contribution in [0.15, 0.2) is 41.2 Å². The number of hydrogen-bond acceptors (Lipinski definition) is 4. The summed E-state index contributed by atoms with van der Waals surface area (Å²) >= 11 is 0. The molecule has 2 aromatic rings. The predicted octanol–water partition coefficient (Wildman–Crippen LogP) is 2.07. The molecule has 0 amide bonds. The van der Waals surface area contributed by atoms with Crippen LogP contribution in [0.1, 0.15) is 15.9 Å². The van der Waals surface area contributed by atoms with E-state index < -0.39 is 0 Å². The van der Waals surface area contributed by atoms with Crippen molar-refractivity contribution in [3.05, 3.63) is 47.9 Å². The Morgan fingerprint density at radius 3 is 3.13 bits per heavy atom. The summed E-state index contributed by atoms with van der Waals surface area (Å²) in [5.74, 6) is 0.654. The van der Waals surface area contributed by atoms with Crippen LogP contribution in [-0.4, -0.2) is 11.4 Å². The first kappa shape index (κ1) is 9.45.